The molecule has 1 atom stereocenters. The van der Waals surface area contributed by atoms with Crippen molar-refractivity contribution in [3.05, 3.63) is 83.9 Å². The summed E-state index contributed by atoms with van der Waals surface area (Å²) in [6.45, 7) is 0.101. The smallest absolute Gasteiger partial charge is 0.255 e. The van der Waals surface area contributed by atoms with E-state index >= 15 is 0 Å². The summed E-state index contributed by atoms with van der Waals surface area (Å²) in [5, 5.41) is 4.06. The third-order valence-electron chi connectivity index (χ3n) is 6.11. The fourth-order valence-corrected chi connectivity index (χ4v) is 5.07. The molecule has 0 saturated carbocycles. The van der Waals surface area contributed by atoms with Gasteiger partial charge in [-0.15, -0.1) is 0 Å². The van der Waals surface area contributed by atoms with Crippen LogP contribution in [-0.4, -0.2) is 44.8 Å². The second kappa shape index (κ2) is 8.68. The van der Waals surface area contributed by atoms with Crippen LogP contribution in [0, 0.1) is 0 Å². The SMILES string of the molecule is CON=C1CN(C(=O)c2ccc(-c3ccccc3)cc2)C(C(N)=O)(c2cccc3nsnc23)C1. The van der Waals surface area contributed by atoms with Gasteiger partial charge >= 0.3 is 0 Å². The third-order valence-corrected chi connectivity index (χ3v) is 6.65. The molecule has 1 unspecified atom stereocenters. The zero-order valence-corrected chi connectivity index (χ0v) is 19.2. The minimum absolute atomic E-state index is 0.101. The van der Waals surface area contributed by atoms with Crippen LogP contribution < -0.4 is 5.73 Å². The summed E-state index contributed by atoms with van der Waals surface area (Å²) >= 11 is 1.04. The molecular weight excluding hydrogens is 450 g/mol. The van der Waals surface area contributed by atoms with E-state index in [0.29, 0.717) is 27.9 Å². The lowest BCUT2D eigenvalue weighted by Gasteiger charge is -2.35. The van der Waals surface area contributed by atoms with E-state index < -0.39 is 11.4 Å². The van der Waals surface area contributed by atoms with Gasteiger partial charge in [0.15, 0.2) is 5.54 Å². The zero-order valence-electron chi connectivity index (χ0n) is 18.3. The molecule has 5 rings (SSSR count). The fourth-order valence-electron chi connectivity index (χ4n) is 4.52. The van der Waals surface area contributed by atoms with Crippen molar-refractivity contribution in [2.75, 3.05) is 13.7 Å². The van der Waals surface area contributed by atoms with Gasteiger partial charge in [0.1, 0.15) is 18.1 Å². The first-order chi connectivity index (χ1) is 16.5. The van der Waals surface area contributed by atoms with E-state index in [9.17, 15) is 9.59 Å². The molecule has 3 aromatic carbocycles. The van der Waals surface area contributed by atoms with E-state index in [1.165, 1.54) is 12.0 Å². The third kappa shape index (κ3) is 3.50. The first kappa shape index (κ1) is 21.7. The number of likely N-dealkylation sites (tertiary alicyclic amines) is 1. The van der Waals surface area contributed by atoms with E-state index in [4.69, 9.17) is 10.6 Å². The van der Waals surface area contributed by atoms with Gasteiger partial charge in [0.05, 0.1) is 24.0 Å². The molecule has 1 aliphatic heterocycles. The van der Waals surface area contributed by atoms with E-state index in [0.717, 1.165) is 22.9 Å². The lowest BCUT2D eigenvalue weighted by atomic mass is 9.84. The topological polar surface area (TPSA) is 111 Å². The lowest BCUT2D eigenvalue weighted by Crippen LogP contribution is -2.53. The maximum absolute atomic E-state index is 13.8. The van der Waals surface area contributed by atoms with Gasteiger partial charge in [-0.05, 0) is 29.3 Å². The minimum atomic E-state index is -1.47. The number of oxime groups is 1. The first-order valence-electron chi connectivity index (χ1n) is 10.6. The second-order valence-corrected chi connectivity index (χ2v) is 8.54. The highest BCUT2D eigenvalue weighted by Gasteiger charge is 2.54. The van der Waals surface area contributed by atoms with Crippen LogP contribution in [0.15, 0.2) is 78.0 Å². The van der Waals surface area contributed by atoms with Gasteiger partial charge in [0.25, 0.3) is 5.91 Å². The van der Waals surface area contributed by atoms with Crippen molar-refractivity contribution in [1.82, 2.24) is 13.6 Å². The van der Waals surface area contributed by atoms with Crippen LogP contribution in [0.25, 0.3) is 22.2 Å². The number of amides is 2. The number of aromatic nitrogens is 2. The number of nitrogens with two attached hydrogens (primary N) is 1. The molecule has 170 valence electrons. The molecule has 8 nitrogen and oxygen atoms in total. The highest BCUT2D eigenvalue weighted by Crippen LogP contribution is 2.41. The number of fused-ring (bicyclic) bond motifs is 1. The van der Waals surface area contributed by atoms with Gasteiger partial charge in [0.2, 0.25) is 5.91 Å². The predicted octanol–water partition coefficient (Wildman–Crippen LogP) is 3.59. The Hall–Kier alpha value is -4.11. The largest absolute Gasteiger partial charge is 0.399 e. The van der Waals surface area contributed by atoms with Gasteiger partial charge in [0, 0.05) is 17.5 Å². The Morgan fingerprint density at radius 2 is 1.74 bits per heavy atom. The predicted molar refractivity (Wildman–Crippen MR) is 130 cm³/mol. The lowest BCUT2D eigenvalue weighted by molar-refractivity contribution is -0.127. The number of hydrogen-bond acceptors (Lipinski definition) is 7. The summed E-state index contributed by atoms with van der Waals surface area (Å²) in [7, 11) is 1.43. The summed E-state index contributed by atoms with van der Waals surface area (Å²) < 4.78 is 8.67. The van der Waals surface area contributed by atoms with Crippen molar-refractivity contribution >= 4 is 40.3 Å². The molecule has 2 amide bonds. The Morgan fingerprint density at radius 1 is 1.00 bits per heavy atom. The number of carbonyl (C=O) groups excluding carboxylic acids is 2. The number of nitrogens with zero attached hydrogens (tertiary/aromatic N) is 4. The van der Waals surface area contributed by atoms with Gasteiger partial charge in [-0.2, -0.15) is 8.75 Å². The molecule has 1 aliphatic rings. The molecule has 1 aromatic heterocycles. The number of hydrogen-bond donors (Lipinski definition) is 1. The van der Waals surface area contributed by atoms with Crippen molar-refractivity contribution in [3.63, 3.8) is 0 Å². The van der Waals surface area contributed by atoms with Crippen LogP contribution in [0.2, 0.25) is 0 Å². The average molecular weight is 472 g/mol. The summed E-state index contributed by atoms with van der Waals surface area (Å²) in [6, 6.07) is 22.5. The van der Waals surface area contributed by atoms with E-state index in [-0.39, 0.29) is 18.9 Å². The van der Waals surface area contributed by atoms with Crippen molar-refractivity contribution in [3.8, 4) is 11.1 Å². The normalized spacial score (nSPS) is 19.0. The summed E-state index contributed by atoms with van der Waals surface area (Å²) in [5.74, 6) is -0.997. The number of benzene rings is 3. The Kier molecular flexibility index (Phi) is 5.54. The van der Waals surface area contributed by atoms with Crippen LogP contribution >= 0.6 is 11.7 Å². The molecule has 9 heteroatoms. The van der Waals surface area contributed by atoms with E-state index in [1.54, 1.807) is 24.3 Å². The maximum atomic E-state index is 13.8. The Balaban J connectivity index is 1.60. The van der Waals surface area contributed by atoms with Crippen molar-refractivity contribution < 1.29 is 14.4 Å². The van der Waals surface area contributed by atoms with Crippen LogP contribution in [0.4, 0.5) is 0 Å². The molecular formula is C25H21N5O3S. The highest BCUT2D eigenvalue weighted by atomic mass is 32.1. The van der Waals surface area contributed by atoms with Crippen molar-refractivity contribution in [1.29, 1.82) is 0 Å². The number of carbonyl (C=O) groups is 2. The highest BCUT2D eigenvalue weighted by molar-refractivity contribution is 7.00. The number of rotatable bonds is 5. The van der Waals surface area contributed by atoms with Crippen LogP contribution in [0.1, 0.15) is 22.3 Å². The van der Waals surface area contributed by atoms with Gasteiger partial charge in [-0.1, -0.05) is 59.8 Å². The summed E-state index contributed by atoms with van der Waals surface area (Å²) in [4.78, 5) is 33.4. The summed E-state index contributed by atoms with van der Waals surface area (Å²) in [5.41, 5.74) is 9.27. The standard InChI is InChI=1S/C25H21N5O3S/c1-33-27-19-14-25(24(26)32,20-8-5-9-21-22(20)29-34-28-21)30(15-19)23(31)18-12-10-17(11-13-18)16-6-3-2-4-7-16/h2-13H,14-15H2,1H3,(H2,26,32). The minimum Gasteiger partial charge on any atom is -0.399 e. The van der Waals surface area contributed by atoms with Gasteiger partial charge in [-0.3, -0.25) is 9.59 Å². The average Bonchev–Trinajstić information content (AvgIpc) is 3.50. The molecule has 0 radical (unpaired) electrons. The molecule has 2 N–H and O–H groups in total. The molecule has 1 saturated heterocycles. The Bertz CT molecular complexity index is 1400. The molecule has 0 spiro atoms. The maximum Gasteiger partial charge on any atom is 0.255 e. The fraction of sp³-hybridized carbons (Fsp3) is 0.160. The van der Waals surface area contributed by atoms with Crippen molar-refractivity contribution in [2.45, 2.75) is 12.0 Å². The van der Waals surface area contributed by atoms with E-state index in [2.05, 4.69) is 13.9 Å². The van der Waals surface area contributed by atoms with Crippen LogP contribution in [0.3, 0.4) is 0 Å². The van der Waals surface area contributed by atoms with Crippen molar-refractivity contribution in [2.24, 2.45) is 10.9 Å². The first-order valence-corrected chi connectivity index (χ1v) is 11.4. The molecule has 0 bridgehead atoms. The molecule has 34 heavy (non-hydrogen) atoms. The van der Waals surface area contributed by atoms with E-state index in [1.807, 2.05) is 48.5 Å². The quantitative estimate of drug-likeness (QED) is 0.447. The molecule has 1 fully saturated rings. The molecule has 0 aliphatic carbocycles. The Morgan fingerprint density at radius 3 is 2.44 bits per heavy atom. The second-order valence-electron chi connectivity index (χ2n) is 8.01. The van der Waals surface area contributed by atoms with Crippen LogP contribution in [-0.2, 0) is 15.2 Å². The molecule has 2 heterocycles. The van der Waals surface area contributed by atoms with Crippen LogP contribution in [0.5, 0.6) is 0 Å². The summed E-state index contributed by atoms with van der Waals surface area (Å²) in [6.07, 6.45) is 0.112. The van der Waals surface area contributed by atoms with Gasteiger partial charge < -0.3 is 15.5 Å². The Labute approximate surface area is 200 Å². The number of primary amides is 1. The van der Waals surface area contributed by atoms with Gasteiger partial charge in [-0.25, -0.2) is 0 Å². The monoisotopic (exact) mass is 471 g/mol. The zero-order chi connectivity index (χ0) is 23.7. The molecule has 4 aromatic rings.